The normalized spacial score (nSPS) is 19.4. The van der Waals surface area contributed by atoms with Gasteiger partial charge in [0.1, 0.15) is 17.9 Å². The van der Waals surface area contributed by atoms with Gasteiger partial charge in [-0.05, 0) is 25.5 Å². The van der Waals surface area contributed by atoms with Crippen LogP contribution >= 0.6 is 0 Å². The fraction of sp³-hybridized carbons (Fsp3) is 0.474. The molecule has 1 aliphatic carbocycles. The highest BCUT2D eigenvalue weighted by atomic mass is 16.5. The molecule has 2 heterocycles. The molecule has 1 atom stereocenters. The quantitative estimate of drug-likeness (QED) is 0.665. The largest absolute Gasteiger partial charge is 0.469 e. The van der Waals surface area contributed by atoms with Gasteiger partial charge in [0.05, 0.1) is 25.1 Å². The fourth-order valence-corrected chi connectivity index (χ4v) is 3.70. The fourth-order valence-electron chi connectivity index (χ4n) is 3.70. The van der Waals surface area contributed by atoms with E-state index in [-0.39, 0.29) is 6.42 Å². The molecule has 1 aromatic heterocycles. The van der Waals surface area contributed by atoms with Crippen LogP contribution in [0.25, 0.3) is 11.0 Å². The number of ether oxygens (including phenoxy) is 2. The maximum atomic E-state index is 12.4. The minimum absolute atomic E-state index is 0.0767. The van der Waals surface area contributed by atoms with Crippen molar-refractivity contribution in [2.75, 3.05) is 13.8 Å². The highest BCUT2D eigenvalue weighted by Crippen LogP contribution is 2.34. The molecule has 1 fully saturated rings. The van der Waals surface area contributed by atoms with Crippen LogP contribution in [0.1, 0.15) is 35.1 Å². The summed E-state index contributed by atoms with van der Waals surface area (Å²) in [5.74, 6) is 0.386. The van der Waals surface area contributed by atoms with Crippen molar-refractivity contribution < 1.29 is 23.6 Å². The molecule has 6 nitrogen and oxygen atoms in total. The number of hydrogen-bond acceptors (Lipinski definition) is 5. The van der Waals surface area contributed by atoms with Gasteiger partial charge >= 0.3 is 11.6 Å². The van der Waals surface area contributed by atoms with Gasteiger partial charge in [-0.15, -0.1) is 0 Å². The summed E-state index contributed by atoms with van der Waals surface area (Å²) in [6.07, 6.45) is 2.45. The monoisotopic (exact) mass is 344 g/mol. The van der Waals surface area contributed by atoms with Crippen LogP contribution in [0.3, 0.4) is 0 Å². The van der Waals surface area contributed by atoms with Crippen LogP contribution in [0.2, 0.25) is 0 Å². The number of carbonyl (C=O) groups is 1. The number of fused-ring (bicyclic) bond motifs is 2. The molecule has 0 amide bonds. The zero-order valence-electron chi connectivity index (χ0n) is 14.7. The van der Waals surface area contributed by atoms with E-state index in [1.165, 1.54) is 24.9 Å². The van der Waals surface area contributed by atoms with Crippen LogP contribution in [-0.4, -0.2) is 25.9 Å². The van der Waals surface area contributed by atoms with E-state index in [1.54, 1.807) is 0 Å². The summed E-state index contributed by atoms with van der Waals surface area (Å²) < 4.78 is 16.2. The summed E-state index contributed by atoms with van der Waals surface area (Å²) in [7, 11) is 1.31. The number of rotatable bonds is 3. The van der Waals surface area contributed by atoms with Gasteiger partial charge in [-0.3, -0.25) is 9.69 Å². The zero-order valence-corrected chi connectivity index (χ0v) is 14.7. The lowest BCUT2D eigenvalue weighted by atomic mass is 9.98. The molecule has 2 aromatic rings. The van der Waals surface area contributed by atoms with E-state index >= 15 is 0 Å². The number of aryl methyl sites for hydroxylation is 2. The Bertz CT molecular complexity index is 926. The highest BCUT2D eigenvalue weighted by molar-refractivity contribution is 5.88. The van der Waals surface area contributed by atoms with Crippen LogP contribution in [0.15, 0.2) is 15.3 Å². The molecule has 0 spiro atoms. The second kappa shape index (κ2) is 5.88. The first-order valence-electron chi connectivity index (χ1n) is 8.62. The van der Waals surface area contributed by atoms with Crippen LogP contribution in [0.4, 0.5) is 0 Å². The maximum Gasteiger partial charge on any atom is 0.340 e. The van der Waals surface area contributed by atoms with Gasteiger partial charge in [0.25, 0.3) is 0 Å². The predicted octanol–water partition coefficient (Wildman–Crippen LogP) is 1.02. The van der Waals surface area contributed by atoms with E-state index < -0.39 is 11.6 Å². The average Bonchev–Trinajstić information content (AvgIpc) is 3.44. The van der Waals surface area contributed by atoms with E-state index in [0.717, 1.165) is 34.4 Å². The Morgan fingerprint density at radius 2 is 2.08 bits per heavy atom. The molecule has 1 aromatic carbocycles. The number of carbonyl (C=O) groups excluding carboxylic acids is 1. The molecule has 1 N–H and O–H groups in total. The Hall–Kier alpha value is -2.34. The second-order valence-corrected chi connectivity index (χ2v) is 7.01. The van der Waals surface area contributed by atoms with Crippen molar-refractivity contribution >= 4 is 16.9 Å². The Morgan fingerprint density at radius 1 is 1.32 bits per heavy atom. The van der Waals surface area contributed by atoms with Gasteiger partial charge in [-0.2, -0.15) is 0 Å². The van der Waals surface area contributed by atoms with Crippen molar-refractivity contribution in [2.24, 2.45) is 0 Å². The molecule has 1 saturated carbocycles. The number of esters is 1. The second-order valence-electron chi connectivity index (χ2n) is 7.01. The summed E-state index contributed by atoms with van der Waals surface area (Å²) in [6, 6.07) is 2.76. The lowest BCUT2D eigenvalue weighted by Crippen LogP contribution is -3.13. The minimum atomic E-state index is -0.487. The Morgan fingerprint density at radius 3 is 2.76 bits per heavy atom. The Labute approximate surface area is 145 Å². The minimum Gasteiger partial charge on any atom is -0.469 e. The number of quaternary nitrogens is 1. The van der Waals surface area contributed by atoms with Crippen LogP contribution in [0, 0.1) is 13.8 Å². The molecular weight excluding hydrogens is 322 g/mol. The van der Waals surface area contributed by atoms with E-state index in [1.807, 2.05) is 13.8 Å². The third kappa shape index (κ3) is 2.70. The molecule has 132 valence electrons. The summed E-state index contributed by atoms with van der Waals surface area (Å²) >= 11 is 0. The molecule has 0 bridgehead atoms. The Kier molecular flexibility index (Phi) is 3.80. The molecule has 2 aliphatic rings. The number of hydrogen-bond donors (Lipinski definition) is 1. The van der Waals surface area contributed by atoms with Crippen molar-refractivity contribution in [1.82, 2.24) is 0 Å². The van der Waals surface area contributed by atoms with Gasteiger partial charge in [0.15, 0.2) is 0 Å². The first-order chi connectivity index (χ1) is 12.0. The molecule has 0 saturated heterocycles. The summed E-state index contributed by atoms with van der Waals surface area (Å²) in [5.41, 5.74) is 3.19. The van der Waals surface area contributed by atoms with E-state index in [4.69, 9.17) is 13.9 Å². The molecule has 1 unspecified atom stereocenters. The van der Waals surface area contributed by atoms with Gasteiger partial charge in [0.2, 0.25) is 6.73 Å². The van der Waals surface area contributed by atoms with Crippen LogP contribution in [-0.2, 0) is 22.5 Å². The van der Waals surface area contributed by atoms with Gasteiger partial charge < -0.3 is 13.9 Å². The SMILES string of the molecule is COC(=O)Cc1c(C)c2cc3c(c(C)c2oc1=O)OC[NH+](C1CC1)C3. The summed E-state index contributed by atoms with van der Waals surface area (Å²) in [6.45, 7) is 5.36. The lowest BCUT2D eigenvalue weighted by molar-refractivity contribution is -0.943. The summed E-state index contributed by atoms with van der Waals surface area (Å²) in [5, 5.41) is 0.871. The standard InChI is InChI=1S/C19H21NO5/c1-10-14-6-12-8-20(13-4-5-13)9-24-17(12)11(2)18(14)25-19(22)15(10)7-16(21)23-3/h6,13H,4-5,7-9H2,1-3H3/p+1. The van der Waals surface area contributed by atoms with Crippen molar-refractivity contribution in [2.45, 2.75) is 45.7 Å². The first-order valence-corrected chi connectivity index (χ1v) is 8.62. The third-order valence-corrected chi connectivity index (χ3v) is 5.36. The lowest BCUT2D eigenvalue weighted by Gasteiger charge is -2.27. The van der Waals surface area contributed by atoms with Crippen molar-refractivity contribution in [3.8, 4) is 5.75 Å². The molecule has 0 radical (unpaired) electrons. The van der Waals surface area contributed by atoms with E-state index in [2.05, 4.69) is 6.07 Å². The van der Waals surface area contributed by atoms with Crippen molar-refractivity contribution in [3.63, 3.8) is 0 Å². The smallest absolute Gasteiger partial charge is 0.340 e. The van der Waals surface area contributed by atoms with Crippen molar-refractivity contribution in [1.29, 1.82) is 0 Å². The van der Waals surface area contributed by atoms with Gasteiger partial charge in [-0.25, -0.2) is 4.79 Å². The van der Waals surface area contributed by atoms with Crippen LogP contribution in [0.5, 0.6) is 5.75 Å². The number of nitrogens with one attached hydrogen (secondary N) is 1. The molecule has 25 heavy (non-hydrogen) atoms. The van der Waals surface area contributed by atoms with E-state index in [9.17, 15) is 9.59 Å². The molecule has 4 rings (SSSR count). The zero-order chi connectivity index (χ0) is 17.7. The summed E-state index contributed by atoms with van der Waals surface area (Å²) in [4.78, 5) is 25.4. The van der Waals surface area contributed by atoms with Gasteiger partial charge in [0, 0.05) is 29.4 Å². The average molecular weight is 344 g/mol. The highest BCUT2D eigenvalue weighted by Gasteiger charge is 2.37. The molecule has 1 aliphatic heterocycles. The Balaban J connectivity index is 1.85. The number of benzene rings is 1. The maximum absolute atomic E-state index is 12.4. The molecule has 6 heteroatoms. The molecular formula is C19H22NO5+. The predicted molar refractivity (Wildman–Crippen MR) is 90.9 cm³/mol. The van der Waals surface area contributed by atoms with Crippen LogP contribution < -0.4 is 15.3 Å². The van der Waals surface area contributed by atoms with Crippen molar-refractivity contribution in [3.05, 3.63) is 38.7 Å². The van der Waals surface area contributed by atoms with E-state index in [0.29, 0.717) is 23.9 Å². The topological polar surface area (TPSA) is 70.2 Å². The van der Waals surface area contributed by atoms with Gasteiger partial charge in [-0.1, -0.05) is 0 Å². The number of methoxy groups -OCH3 is 1. The first kappa shape index (κ1) is 16.1. The third-order valence-electron chi connectivity index (χ3n) is 5.36.